The normalized spacial score (nSPS) is 31.1. The number of amides is 1. The van der Waals surface area contributed by atoms with Gasteiger partial charge in [0, 0.05) is 6.04 Å². The number of rotatable bonds is 6. The van der Waals surface area contributed by atoms with Crippen LogP contribution in [0, 0.1) is 5.92 Å². The molecule has 98 valence electrons. The fourth-order valence-corrected chi connectivity index (χ4v) is 2.38. The first-order chi connectivity index (χ1) is 8.15. The quantitative estimate of drug-likeness (QED) is 0.733. The fourth-order valence-electron chi connectivity index (χ4n) is 2.38. The second-order valence-electron chi connectivity index (χ2n) is 5.61. The van der Waals surface area contributed by atoms with Crippen molar-refractivity contribution in [3.63, 3.8) is 0 Å². The average Bonchev–Trinajstić information content (AvgIpc) is 3.10. The molecule has 2 aliphatic rings. The molecule has 0 spiro atoms. The van der Waals surface area contributed by atoms with Crippen LogP contribution in [0.1, 0.15) is 45.4 Å². The molecule has 2 aliphatic carbocycles. The molecule has 1 unspecified atom stereocenters. The Morgan fingerprint density at radius 2 is 1.94 bits per heavy atom. The van der Waals surface area contributed by atoms with Crippen molar-refractivity contribution in [2.75, 3.05) is 6.61 Å². The van der Waals surface area contributed by atoms with E-state index >= 15 is 0 Å². The number of hydrogen-bond donors (Lipinski definition) is 2. The number of carbonyl (C=O) groups is 1. The van der Waals surface area contributed by atoms with Crippen molar-refractivity contribution in [2.24, 2.45) is 11.7 Å². The van der Waals surface area contributed by atoms with Gasteiger partial charge >= 0.3 is 0 Å². The maximum absolute atomic E-state index is 11.3. The van der Waals surface area contributed by atoms with Gasteiger partial charge < -0.3 is 15.8 Å². The summed E-state index contributed by atoms with van der Waals surface area (Å²) in [5, 5.41) is 3.24. The minimum atomic E-state index is -0.304. The predicted octanol–water partition coefficient (Wildman–Crippen LogP) is 1.19. The van der Waals surface area contributed by atoms with Crippen molar-refractivity contribution in [1.82, 2.24) is 5.32 Å². The van der Waals surface area contributed by atoms with Crippen molar-refractivity contribution < 1.29 is 9.53 Å². The number of nitrogens with one attached hydrogen (secondary N) is 1. The van der Waals surface area contributed by atoms with E-state index in [1.807, 2.05) is 0 Å². The molecule has 2 rings (SSSR count). The molecule has 2 fully saturated rings. The van der Waals surface area contributed by atoms with Crippen molar-refractivity contribution >= 4 is 5.91 Å². The summed E-state index contributed by atoms with van der Waals surface area (Å²) in [5.41, 5.74) is 5.37. The van der Waals surface area contributed by atoms with Crippen molar-refractivity contribution in [1.29, 1.82) is 0 Å². The summed E-state index contributed by atoms with van der Waals surface area (Å²) in [4.78, 5) is 11.3. The van der Waals surface area contributed by atoms with Crippen LogP contribution in [-0.4, -0.2) is 30.7 Å². The topological polar surface area (TPSA) is 64.3 Å². The first-order valence-electron chi connectivity index (χ1n) is 6.82. The fraction of sp³-hybridized carbons (Fsp3) is 0.923. The van der Waals surface area contributed by atoms with E-state index in [4.69, 9.17) is 10.5 Å². The van der Waals surface area contributed by atoms with E-state index in [9.17, 15) is 4.79 Å². The second kappa shape index (κ2) is 5.83. The zero-order valence-corrected chi connectivity index (χ0v) is 10.7. The molecule has 4 nitrogen and oxygen atoms in total. The SMILES string of the molecule is CC1CCC(OCC(NC2CC2)C(N)=O)CC1. The van der Waals surface area contributed by atoms with Crippen LogP contribution in [-0.2, 0) is 9.53 Å². The van der Waals surface area contributed by atoms with Crippen LogP contribution in [0.5, 0.6) is 0 Å². The molecule has 0 aromatic heterocycles. The summed E-state index contributed by atoms with van der Waals surface area (Å²) in [5.74, 6) is 0.535. The van der Waals surface area contributed by atoms with E-state index in [1.54, 1.807) is 0 Å². The molecule has 4 heteroatoms. The minimum absolute atomic E-state index is 0.291. The molecule has 17 heavy (non-hydrogen) atoms. The Hall–Kier alpha value is -0.610. The molecule has 0 radical (unpaired) electrons. The van der Waals surface area contributed by atoms with Gasteiger partial charge in [0.15, 0.2) is 0 Å². The Morgan fingerprint density at radius 1 is 1.29 bits per heavy atom. The van der Waals surface area contributed by atoms with Gasteiger partial charge in [-0.15, -0.1) is 0 Å². The van der Waals surface area contributed by atoms with Gasteiger partial charge in [-0.2, -0.15) is 0 Å². The van der Waals surface area contributed by atoms with Crippen LogP contribution in [0.2, 0.25) is 0 Å². The smallest absolute Gasteiger partial charge is 0.236 e. The highest BCUT2D eigenvalue weighted by atomic mass is 16.5. The van der Waals surface area contributed by atoms with Gasteiger partial charge in [-0.1, -0.05) is 6.92 Å². The van der Waals surface area contributed by atoms with Crippen LogP contribution in [0.3, 0.4) is 0 Å². The molecule has 2 saturated carbocycles. The summed E-state index contributed by atoms with van der Waals surface area (Å²) in [7, 11) is 0. The second-order valence-corrected chi connectivity index (χ2v) is 5.61. The molecular formula is C13H24N2O2. The van der Waals surface area contributed by atoms with Crippen LogP contribution in [0.25, 0.3) is 0 Å². The number of carbonyl (C=O) groups excluding carboxylic acids is 1. The molecular weight excluding hydrogens is 216 g/mol. The Morgan fingerprint density at radius 3 is 2.47 bits per heavy atom. The van der Waals surface area contributed by atoms with Crippen molar-refractivity contribution in [3.05, 3.63) is 0 Å². The summed E-state index contributed by atoms with van der Waals surface area (Å²) < 4.78 is 5.82. The molecule has 0 saturated heterocycles. The van der Waals surface area contributed by atoms with Crippen LogP contribution >= 0.6 is 0 Å². The average molecular weight is 240 g/mol. The molecule has 0 aromatic rings. The summed E-state index contributed by atoms with van der Waals surface area (Å²) in [6.07, 6.45) is 7.36. The highest BCUT2D eigenvalue weighted by molar-refractivity contribution is 5.80. The van der Waals surface area contributed by atoms with Crippen molar-refractivity contribution in [3.8, 4) is 0 Å². The number of hydrogen-bond acceptors (Lipinski definition) is 3. The van der Waals surface area contributed by atoms with Gasteiger partial charge in [-0.05, 0) is 44.4 Å². The standard InChI is InChI=1S/C13H24N2O2/c1-9-2-6-11(7-3-9)17-8-12(13(14)16)15-10-4-5-10/h9-12,15H,2-8H2,1H3,(H2,14,16). The Labute approximate surface area is 103 Å². The zero-order valence-electron chi connectivity index (χ0n) is 10.7. The molecule has 0 aliphatic heterocycles. The first kappa shape index (κ1) is 12.8. The molecule has 1 amide bonds. The number of primary amides is 1. The Bertz CT molecular complexity index is 258. The lowest BCUT2D eigenvalue weighted by molar-refractivity contribution is -0.122. The molecule has 0 heterocycles. The molecule has 3 N–H and O–H groups in total. The number of ether oxygens (including phenoxy) is 1. The maximum Gasteiger partial charge on any atom is 0.236 e. The highest BCUT2D eigenvalue weighted by Gasteiger charge is 2.28. The predicted molar refractivity (Wildman–Crippen MR) is 66.5 cm³/mol. The van der Waals surface area contributed by atoms with Crippen molar-refractivity contribution in [2.45, 2.75) is 63.6 Å². The monoisotopic (exact) mass is 240 g/mol. The van der Waals surface area contributed by atoms with Gasteiger partial charge in [0.1, 0.15) is 6.04 Å². The maximum atomic E-state index is 11.3. The third-order valence-electron chi connectivity index (χ3n) is 3.82. The van der Waals surface area contributed by atoms with E-state index < -0.39 is 0 Å². The Balaban J connectivity index is 1.68. The van der Waals surface area contributed by atoms with Gasteiger partial charge in [0.05, 0.1) is 12.7 Å². The largest absolute Gasteiger partial charge is 0.376 e. The van der Waals surface area contributed by atoms with E-state index in [0.717, 1.165) is 31.6 Å². The number of nitrogens with two attached hydrogens (primary N) is 1. The van der Waals surface area contributed by atoms with Gasteiger partial charge in [0.25, 0.3) is 0 Å². The summed E-state index contributed by atoms with van der Waals surface area (Å²) in [6.45, 7) is 2.72. The van der Waals surface area contributed by atoms with E-state index in [0.29, 0.717) is 18.8 Å². The zero-order chi connectivity index (χ0) is 12.3. The van der Waals surface area contributed by atoms with E-state index in [1.165, 1.54) is 12.8 Å². The first-order valence-corrected chi connectivity index (χ1v) is 6.82. The summed E-state index contributed by atoms with van der Waals surface area (Å²) >= 11 is 0. The molecule has 1 atom stereocenters. The van der Waals surface area contributed by atoms with Gasteiger partial charge in [-0.25, -0.2) is 0 Å². The molecule has 0 bridgehead atoms. The lowest BCUT2D eigenvalue weighted by Gasteiger charge is -2.27. The van der Waals surface area contributed by atoms with Crippen LogP contribution in [0.4, 0.5) is 0 Å². The molecule has 0 aromatic carbocycles. The van der Waals surface area contributed by atoms with E-state index in [-0.39, 0.29) is 11.9 Å². The Kier molecular flexibility index (Phi) is 4.40. The van der Waals surface area contributed by atoms with Crippen LogP contribution < -0.4 is 11.1 Å². The van der Waals surface area contributed by atoms with Gasteiger partial charge in [0.2, 0.25) is 5.91 Å². The van der Waals surface area contributed by atoms with Gasteiger partial charge in [-0.3, -0.25) is 4.79 Å². The third kappa shape index (κ3) is 4.28. The van der Waals surface area contributed by atoms with Crippen LogP contribution in [0.15, 0.2) is 0 Å². The minimum Gasteiger partial charge on any atom is -0.376 e. The lowest BCUT2D eigenvalue weighted by Crippen LogP contribution is -2.46. The third-order valence-corrected chi connectivity index (χ3v) is 3.82. The lowest BCUT2D eigenvalue weighted by atomic mass is 9.89. The highest BCUT2D eigenvalue weighted by Crippen LogP contribution is 2.25. The summed E-state index contributed by atoms with van der Waals surface area (Å²) in [6, 6.07) is 0.185. The van der Waals surface area contributed by atoms with E-state index in [2.05, 4.69) is 12.2 Å².